The van der Waals surface area contributed by atoms with Gasteiger partial charge in [-0.25, -0.2) is 13.4 Å². The summed E-state index contributed by atoms with van der Waals surface area (Å²) < 4.78 is 31.4. The second-order valence-corrected chi connectivity index (χ2v) is 10.4. The lowest BCUT2D eigenvalue weighted by molar-refractivity contribution is 0.0967. The molecule has 0 radical (unpaired) electrons. The molecule has 1 aliphatic heterocycles. The number of hydrazine groups is 1. The lowest BCUT2D eigenvalue weighted by Gasteiger charge is -2.25. The van der Waals surface area contributed by atoms with Crippen molar-refractivity contribution in [3.63, 3.8) is 0 Å². The van der Waals surface area contributed by atoms with Crippen LogP contribution in [-0.4, -0.2) is 38.4 Å². The van der Waals surface area contributed by atoms with Crippen LogP contribution in [0.3, 0.4) is 0 Å². The highest BCUT2D eigenvalue weighted by atomic mass is 32.2. The van der Waals surface area contributed by atoms with E-state index in [1.54, 1.807) is 12.1 Å². The normalized spacial score (nSPS) is 19.2. The highest BCUT2D eigenvalue weighted by molar-refractivity contribution is 7.89. The fraction of sp³-hybridized carbons (Fsp3) is 0.480. The monoisotopic (exact) mass is 456 g/mol. The molecule has 0 spiro atoms. The minimum absolute atomic E-state index is 0.168. The van der Waals surface area contributed by atoms with Crippen LogP contribution in [0.2, 0.25) is 0 Å². The molecule has 7 heteroatoms. The number of nitrogens with one attached hydrogen (secondary N) is 1. The number of nitrogens with zero attached hydrogens (tertiary/aromatic N) is 1. The molecule has 2 fully saturated rings. The van der Waals surface area contributed by atoms with Gasteiger partial charge in [0.15, 0.2) is 5.78 Å². The van der Waals surface area contributed by atoms with Gasteiger partial charge in [-0.2, -0.15) is 0 Å². The number of ether oxygens (including phenoxy) is 1. The predicted octanol–water partition coefficient (Wildman–Crippen LogP) is 4.36. The molecular weight excluding hydrogens is 424 g/mol. The molecule has 0 amide bonds. The molecule has 1 aliphatic carbocycles. The number of hydrogen-bond acceptors (Lipinski definition) is 5. The number of ketones is 1. The van der Waals surface area contributed by atoms with Gasteiger partial charge in [-0.15, -0.1) is 4.83 Å². The summed E-state index contributed by atoms with van der Waals surface area (Å²) in [7, 11) is -3.57. The molecule has 0 unspecified atom stereocenters. The van der Waals surface area contributed by atoms with Gasteiger partial charge in [-0.3, -0.25) is 4.79 Å². The van der Waals surface area contributed by atoms with Crippen LogP contribution in [0, 0.1) is 5.92 Å². The van der Waals surface area contributed by atoms with Gasteiger partial charge in [0.05, 0.1) is 11.5 Å². The molecule has 1 saturated heterocycles. The van der Waals surface area contributed by atoms with Crippen LogP contribution in [-0.2, 0) is 16.4 Å². The van der Waals surface area contributed by atoms with Gasteiger partial charge in [-0.05, 0) is 86.9 Å². The maximum absolute atomic E-state index is 12.8. The first-order valence-corrected chi connectivity index (χ1v) is 13.1. The zero-order chi connectivity index (χ0) is 22.6. The van der Waals surface area contributed by atoms with Crippen molar-refractivity contribution in [3.05, 3.63) is 59.7 Å². The van der Waals surface area contributed by atoms with Crippen LogP contribution >= 0.6 is 0 Å². The van der Waals surface area contributed by atoms with Crippen molar-refractivity contribution in [3.8, 4) is 5.75 Å². The number of hydrogen-bond donors (Lipinski definition) is 1. The Morgan fingerprint density at radius 1 is 1.06 bits per heavy atom. The first-order chi connectivity index (χ1) is 15.5. The molecule has 1 saturated carbocycles. The number of carbonyl (C=O) groups excluding carboxylic acids is 1. The molecule has 2 aromatic carbocycles. The second kappa shape index (κ2) is 10.1. The fourth-order valence-electron chi connectivity index (χ4n) is 4.17. The van der Waals surface area contributed by atoms with Crippen LogP contribution in [0.15, 0.2) is 53.4 Å². The maximum atomic E-state index is 12.8. The molecule has 172 valence electrons. The molecule has 2 aromatic rings. The Morgan fingerprint density at radius 3 is 2.44 bits per heavy atom. The Kier molecular flexibility index (Phi) is 7.28. The highest BCUT2D eigenvalue weighted by Gasteiger charge is 2.30. The van der Waals surface area contributed by atoms with E-state index in [0.717, 1.165) is 61.8 Å². The van der Waals surface area contributed by atoms with Crippen LogP contribution in [0.25, 0.3) is 0 Å². The van der Waals surface area contributed by atoms with Crippen molar-refractivity contribution in [1.29, 1.82) is 0 Å². The zero-order valence-electron chi connectivity index (χ0n) is 18.6. The summed E-state index contributed by atoms with van der Waals surface area (Å²) in [5, 5.41) is 1.86. The van der Waals surface area contributed by atoms with E-state index >= 15 is 0 Å². The zero-order valence-corrected chi connectivity index (χ0v) is 19.4. The summed E-state index contributed by atoms with van der Waals surface area (Å²) in [6.07, 6.45) is 6.53. The van der Waals surface area contributed by atoms with Crippen molar-refractivity contribution in [1.82, 2.24) is 9.84 Å². The molecule has 1 N–H and O–H groups in total. The van der Waals surface area contributed by atoms with E-state index in [1.165, 1.54) is 0 Å². The molecular formula is C25H32N2O4S. The van der Waals surface area contributed by atoms with E-state index in [-0.39, 0.29) is 17.7 Å². The Morgan fingerprint density at radius 2 is 1.78 bits per heavy atom. The average Bonchev–Trinajstić information content (AvgIpc) is 3.57. The Labute approximate surface area is 191 Å². The summed E-state index contributed by atoms with van der Waals surface area (Å²) in [5.74, 6) is 1.22. The topological polar surface area (TPSA) is 75.7 Å². The number of carbonyl (C=O) groups is 1. The summed E-state index contributed by atoms with van der Waals surface area (Å²) in [5.41, 5.74) is 1.88. The molecule has 6 nitrogen and oxygen atoms in total. The SMILES string of the molecule is CCc1ccc(S(=O)(=O)NN2CCC[C@@H]2CCCOc2ccc(C(=O)C3CC3)cc2)cc1. The van der Waals surface area contributed by atoms with Gasteiger partial charge in [0, 0.05) is 24.1 Å². The van der Waals surface area contributed by atoms with Gasteiger partial charge in [0.25, 0.3) is 10.0 Å². The highest BCUT2D eigenvalue weighted by Crippen LogP contribution is 2.33. The van der Waals surface area contributed by atoms with Crippen molar-refractivity contribution in [2.45, 2.75) is 62.8 Å². The third-order valence-corrected chi connectivity index (χ3v) is 7.66. The van der Waals surface area contributed by atoms with Gasteiger partial charge in [0.1, 0.15) is 5.75 Å². The molecule has 32 heavy (non-hydrogen) atoms. The molecule has 2 aliphatic rings. The minimum Gasteiger partial charge on any atom is -0.494 e. The average molecular weight is 457 g/mol. The third kappa shape index (κ3) is 5.77. The van der Waals surface area contributed by atoms with Crippen molar-refractivity contribution >= 4 is 15.8 Å². The Bertz CT molecular complexity index is 1010. The van der Waals surface area contributed by atoms with Gasteiger partial charge < -0.3 is 4.74 Å². The number of sulfonamides is 1. The number of benzene rings is 2. The van der Waals surface area contributed by atoms with Crippen LogP contribution in [0.4, 0.5) is 0 Å². The second-order valence-electron chi connectivity index (χ2n) is 8.74. The third-order valence-electron chi connectivity index (χ3n) is 6.29. The first kappa shape index (κ1) is 23.0. The fourth-order valence-corrected chi connectivity index (χ4v) is 5.32. The number of aryl methyl sites for hydroxylation is 1. The van der Waals surface area contributed by atoms with Gasteiger partial charge >= 0.3 is 0 Å². The number of rotatable bonds is 11. The van der Waals surface area contributed by atoms with Gasteiger partial charge in [-0.1, -0.05) is 19.1 Å². The molecule has 0 aromatic heterocycles. The lowest BCUT2D eigenvalue weighted by atomic mass is 10.1. The van der Waals surface area contributed by atoms with Crippen LogP contribution < -0.4 is 9.57 Å². The van der Waals surface area contributed by atoms with Crippen molar-refractivity contribution in [2.24, 2.45) is 5.92 Å². The summed E-state index contributed by atoms with van der Waals surface area (Å²) in [4.78, 5) is 15.2. The lowest BCUT2D eigenvalue weighted by Crippen LogP contribution is -2.45. The molecule has 0 bridgehead atoms. The van der Waals surface area contributed by atoms with E-state index in [4.69, 9.17) is 4.74 Å². The van der Waals surface area contributed by atoms with Gasteiger partial charge in [0.2, 0.25) is 0 Å². The summed E-state index contributed by atoms with van der Waals surface area (Å²) in [6, 6.07) is 14.6. The predicted molar refractivity (Wildman–Crippen MR) is 124 cm³/mol. The number of Topliss-reactive ketones (excluding diaryl/α,β-unsaturated/α-hetero) is 1. The first-order valence-electron chi connectivity index (χ1n) is 11.6. The maximum Gasteiger partial charge on any atom is 0.253 e. The molecule has 1 heterocycles. The smallest absolute Gasteiger partial charge is 0.253 e. The standard InChI is InChI=1S/C25H32N2O4S/c1-2-19-7-15-24(16-8-19)32(29,30)26-27-17-3-5-22(27)6-4-18-31-23-13-11-21(12-14-23)25(28)20-9-10-20/h7-8,11-16,20,22,26H,2-6,9-10,17-18H2,1H3/t22-/m1/s1. The minimum atomic E-state index is -3.57. The van der Waals surface area contributed by atoms with E-state index < -0.39 is 10.0 Å². The van der Waals surface area contributed by atoms with E-state index in [9.17, 15) is 13.2 Å². The summed E-state index contributed by atoms with van der Waals surface area (Å²) in [6.45, 7) is 3.32. The van der Waals surface area contributed by atoms with Crippen molar-refractivity contribution in [2.75, 3.05) is 13.2 Å². The van der Waals surface area contributed by atoms with Crippen LogP contribution in [0.5, 0.6) is 5.75 Å². The Hall–Kier alpha value is -2.22. The van der Waals surface area contributed by atoms with E-state index in [0.29, 0.717) is 18.0 Å². The molecule has 4 rings (SSSR count). The van der Waals surface area contributed by atoms with Crippen LogP contribution in [0.1, 0.15) is 61.4 Å². The quantitative estimate of drug-likeness (QED) is 0.402. The van der Waals surface area contributed by atoms with E-state index in [1.807, 2.05) is 48.3 Å². The largest absolute Gasteiger partial charge is 0.494 e. The summed E-state index contributed by atoms with van der Waals surface area (Å²) >= 11 is 0. The molecule has 1 atom stereocenters. The van der Waals surface area contributed by atoms with Crippen molar-refractivity contribution < 1.29 is 17.9 Å². The van der Waals surface area contributed by atoms with E-state index in [2.05, 4.69) is 4.83 Å². The Balaban J connectivity index is 1.23.